The molecule has 0 radical (unpaired) electrons. The molecule has 29 heavy (non-hydrogen) atoms. The van der Waals surface area contributed by atoms with Gasteiger partial charge in [-0.3, -0.25) is 9.59 Å². The number of hydrogen-bond acceptors (Lipinski definition) is 5. The summed E-state index contributed by atoms with van der Waals surface area (Å²) in [6.07, 6.45) is 1.03. The molecule has 1 saturated heterocycles. The van der Waals surface area contributed by atoms with Crippen molar-refractivity contribution in [1.82, 2.24) is 9.62 Å². The molecule has 1 amide bonds. The minimum atomic E-state index is -3.62. The van der Waals surface area contributed by atoms with E-state index in [0.717, 1.165) is 22.3 Å². The smallest absolute Gasteiger partial charge is 0.307 e. The highest BCUT2D eigenvalue weighted by Gasteiger charge is 2.34. The zero-order chi connectivity index (χ0) is 21.9. The maximum Gasteiger partial charge on any atom is 0.307 e. The predicted octanol–water partition coefficient (Wildman–Crippen LogP) is 2.39. The molecule has 0 aromatic heterocycles. The van der Waals surface area contributed by atoms with Crippen molar-refractivity contribution in [1.29, 1.82) is 0 Å². The Labute approximate surface area is 173 Å². The summed E-state index contributed by atoms with van der Waals surface area (Å²) < 4.78 is 32.7. The van der Waals surface area contributed by atoms with E-state index in [2.05, 4.69) is 10.1 Å². The van der Waals surface area contributed by atoms with Crippen LogP contribution < -0.4 is 5.32 Å². The molecule has 1 N–H and O–H groups in total. The lowest BCUT2D eigenvalue weighted by molar-refractivity contribution is -0.141. The topological polar surface area (TPSA) is 92.8 Å². The van der Waals surface area contributed by atoms with E-state index in [1.54, 1.807) is 6.92 Å². The average molecular weight is 425 g/mol. The van der Waals surface area contributed by atoms with E-state index in [9.17, 15) is 18.0 Å². The van der Waals surface area contributed by atoms with E-state index in [4.69, 9.17) is 0 Å². The molecule has 1 aliphatic rings. The molecule has 1 aliphatic heterocycles. The van der Waals surface area contributed by atoms with Crippen molar-refractivity contribution in [2.75, 3.05) is 20.2 Å². The number of aryl methyl sites for hydroxylation is 2. The zero-order valence-corrected chi connectivity index (χ0v) is 19.0. The number of esters is 1. The number of nitrogens with zero attached hydrogens (tertiary/aromatic N) is 1. The van der Waals surface area contributed by atoms with E-state index in [1.807, 2.05) is 33.8 Å². The molecule has 1 aromatic rings. The summed E-state index contributed by atoms with van der Waals surface area (Å²) in [4.78, 5) is 24.2. The van der Waals surface area contributed by atoms with Gasteiger partial charge in [-0.05, 0) is 69.7 Å². The molecule has 1 heterocycles. The third kappa shape index (κ3) is 5.17. The molecular formula is C21H32N2O5S. The first-order valence-corrected chi connectivity index (χ1v) is 11.4. The van der Waals surface area contributed by atoms with Gasteiger partial charge in [0.05, 0.1) is 18.4 Å². The van der Waals surface area contributed by atoms with Crippen LogP contribution in [0.25, 0.3) is 0 Å². The van der Waals surface area contributed by atoms with E-state index in [1.165, 1.54) is 11.4 Å². The quantitative estimate of drug-likeness (QED) is 0.708. The zero-order valence-electron chi connectivity index (χ0n) is 18.2. The monoisotopic (exact) mass is 424 g/mol. The average Bonchev–Trinajstić information content (AvgIpc) is 2.66. The second kappa shape index (κ2) is 9.26. The number of carbonyl (C=O) groups is 2. The maximum absolute atomic E-state index is 13.3. The molecule has 1 atom stereocenters. The number of benzene rings is 1. The fraction of sp³-hybridized carbons (Fsp3) is 0.619. The highest BCUT2D eigenvalue weighted by Crippen LogP contribution is 2.31. The van der Waals surface area contributed by atoms with Crippen molar-refractivity contribution < 1.29 is 22.7 Å². The molecule has 8 heteroatoms. The molecule has 7 nitrogen and oxygen atoms in total. The number of hydrogen-bond donors (Lipinski definition) is 1. The van der Waals surface area contributed by atoms with E-state index in [-0.39, 0.29) is 30.3 Å². The summed E-state index contributed by atoms with van der Waals surface area (Å²) in [6.45, 7) is 9.89. The second-order valence-electron chi connectivity index (χ2n) is 7.96. The highest BCUT2D eigenvalue weighted by atomic mass is 32.2. The van der Waals surface area contributed by atoms with Gasteiger partial charge in [0.15, 0.2) is 0 Å². The van der Waals surface area contributed by atoms with Gasteiger partial charge in [0.2, 0.25) is 15.9 Å². The summed E-state index contributed by atoms with van der Waals surface area (Å²) in [7, 11) is -2.31. The van der Waals surface area contributed by atoms with Crippen molar-refractivity contribution in [3.8, 4) is 0 Å². The molecule has 1 fully saturated rings. The minimum absolute atomic E-state index is 0.112. The third-order valence-corrected chi connectivity index (χ3v) is 7.98. The van der Waals surface area contributed by atoms with Crippen LogP contribution in [0.3, 0.4) is 0 Å². The molecule has 0 saturated carbocycles. The van der Waals surface area contributed by atoms with Gasteiger partial charge in [0.25, 0.3) is 0 Å². The van der Waals surface area contributed by atoms with Gasteiger partial charge in [-0.15, -0.1) is 0 Å². The number of rotatable bonds is 6. The van der Waals surface area contributed by atoms with Gasteiger partial charge in [-0.2, -0.15) is 4.31 Å². The number of amides is 1. The Hall–Kier alpha value is -1.93. The SMILES string of the molecule is COC(=O)CC(C)NC(=O)C1CCN(S(=O)(=O)c2c(C)c(C)cc(C)c2C)CC1. The molecule has 0 aliphatic carbocycles. The van der Waals surface area contributed by atoms with Crippen molar-refractivity contribution in [3.63, 3.8) is 0 Å². The summed E-state index contributed by atoms with van der Waals surface area (Å²) in [5, 5.41) is 2.83. The van der Waals surface area contributed by atoms with Crippen LogP contribution in [0.2, 0.25) is 0 Å². The molecule has 2 rings (SSSR count). The van der Waals surface area contributed by atoms with Crippen molar-refractivity contribution in [2.24, 2.45) is 5.92 Å². The van der Waals surface area contributed by atoms with Crippen LogP contribution in [-0.4, -0.2) is 50.8 Å². The van der Waals surface area contributed by atoms with Crippen LogP contribution in [-0.2, 0) is 24.3 Å². The number of piperidine rings is 1. The Morgan fingerprint density at radius 1 is 1.14 bits per heavy atom. The van der Waals surface area contributed by atoms with Crippen LogP contribution in [0.15, 0.2) is 11.0 Å². The lowest BCUT2D eigenvalue weighted by Crippen LogP contribution is -2.45. The standard InChI is InChI=1S/C21H32N2O5S/c1-13-11-14(2)17(5)20(16(13)4)29(26,27)23-9-7-18(8-10-23)21(25)22-15(3)12-19(24)28-6/h11,15,18H,7-10,12H2,1-6H3,(H,22,25). The summed E-state index contributed by atoms with van der Waals surface area (Å²) in [6, 6.07) is 1.69. The van der Waals surface area contributed by atoms with E-state index < -0.39 is 10.0 Å². The first kappa shape index (κ1) is 23.3. The van der Waals surface area contributed by atoms with Gasteiger partial charge >= 0.3 is 5.97 Å². The number of ether oxygens (including phenoxy) is 1. The van der Waals surface area contributed by atoms with Crippen molar-refractivity contribution in [2.45, 2.75) is 64.8 Å². The number of methoxy groups -OCH3 is 1. The molecule has 1 unspecified atom stereocenters. The Bertz CT molecular complexity index is 861. The third-order valence-electron chi connectivity index (χ3n) is 5.81. The first-order valence-electron chi connectivity index (χ1n) is 9.93. The normalized spacial score (nSPS) is 17.0. The Balaban J connectivity index is 2.07. The number of sulfonamides is 1. The van der Waals surface area contributed by atoms with Crippen LogP contribution in [0, 0.1) is 33.6 Å². The summed E-state index contributed by atoms with van der Waals surface area (Å²) in [5.41, 5.74) is 3.48. The van der Waals surface area contributed by atoms with Crippen molar-refractivity contribution >= 4 is 21.9 Å². The van der Waals surface area contributed by atoms with Gasteiger partial charge in [-0.1, -0.05) is 6.07 Å². The second-order valence-corrected chi connectivity index (χ2v) is 9.83. The fourth-order valence-corrected chi connectivity index (χ4v) is 5.85. The fourth-order valence-electron chi connectivity index (χ4n) is 3.80. The lowest BCUT2D eigenvalue weighted by Gasteiger charge is -2.32. The molecule has 162 valence electrons. The van der Waals surface area contributed by atoms with E-state index in [0.29, 0.717) is 30.8 Å². The molecule has 0 bridgehead atoms. The Morgan fingerprint density at radius 3 is 2.14 bits per heavy atom. The predicted molar refractivity (Wildman–Crippen MR) is 111 cm³/mol. The Kier molecular flexibility index (Phi) is 7.45. The highest BCUT2D eigenvalue weighted by molar-refractivity contribution is 7.89. The first-order chi connectivity index (χ1) is 13.5. The van der Waals surface area contributed by atoms with Crippen LogP contribution in [0.1, 0.15) is 48.4 Å². The molecule has 1 aromatic carbocycles. The van der Waals surface area contributed by atoms with E-state index >= 15 is 0 Å². The Morgan fingerprint density at radius 2 is 1.66 bits per heavy atom. The van der Waals surface area contributed by atoms with Crippen molar-refractivity contribution in [3.05, 3.63) is 28.3 Å². The van der Waals surface area contributed by atoms with Gasteiger partial charge in [0, 0.05) is 25.0 Å². The van der Waals surface area contributed by atoms with Gasteiger partial charge < -0.3 is 10.1 Å². The molecular weight excluding hydrogens is 392 g/mol. The number of carbonyl (C=O) groups excluding carboxylic acids is 2. The maximum atomic E-state index is 13.3. The van der Waals surface area contributed by atoms with Crippen LogP contribution in [0.5, 0.6) is 0 Å². The number of nitrogens with one attached hydrogen (secondary N) is 1. The van der Waals surface area contributed by atoms with Gasteiger partial charge in [0.1, 0.15) is 0 Å². The summed E-state index contributed by atoms with van der Waals surface area (Å²) >= 11 is 0. The lowest BCUT2D eigenvalue weighted by atomic mass is 9.97. The minimum Gasteiger partial charge on any atom is -0.469 e. The van der Waals surface area contributed by atoms with Crippen LogP contribution >= 0.6 is 0 Å². The molecule has 0 spiro atoms. The van der Waals surface area contributed by atoms with Gasteiger partial charge in [-0.25, -0.2) is 8.42 Å². The summed E-state index contributed by atoms with van der Waals surface area (Å²) in [5.74, 6) is -0.780. The largest absolute Gasteiger partial charge is 0.469 e. The van der Waals surface area contributed by atoms with Crippen LogP contribution in [0.4, 0.5) is 0 Å².